The standard InChI is InChI=1S/C50H62N25O31P5/c51-36-21-41(61-6-56-36)71(11-66-21)46-27(77)26(76)16(98-46)1-94-108(85,86)104-33-18(100-48(29(33)79)73-13-68-23-38(53)58-8-63-43(23)73)3-96-110(89,90)106-35-20(102-50(31(35)81)75-15-70-25-40(55)60-10-65-45(25)75)5-97-111(91,92)105-34-19(101-49(30(34)80)74-14-69-24-39(54)59-9-64-44(24)74)4-95-109(87,88)103-32-17(2-93-107(82,83)84)99-47(28(32)78)72-12-67-22-37(52)57-7-62-42(22)72/h6-20,26-35,46-50,76-81H,1-5H2,(H,85,86)(H,87,88)(H,89,90)(H,91,92)(H2,51,56,61)(H2,52,57,62)(H2,53,58,63)(H2,54,59,64)(H2,55,60,65)(H2,82,83,84)/t16-,17-,18-,19-,20-,26-,27-,28-,29-,30-,31-,32-,33-,34-,35-,46-,47-,48-,49-,50-/m1/s1. The topological polar surface area (TPSA) is 805 Å². The molecule has 0 amide bonds. The highest BCUT2D eigenvalue weighted by Crippen LogP contribution is 2.56. The van der Waals surface area contributed by atoms with E-state index in [9.17, 15) is 82.8 Å². The monoisotopic (exact) mass is 1660 g/mol. The molecular formula is C50H62N25O31P5. The second-order valence-corrected chi connectivity index (χ2v) is 31.7. The molecular weight excluding hydrogens is 1600 g/mol. The van der Waals surface area contributed by atoms with Crippen molar-refractivity contribution < 1.29 is 147 Å². The molecule has 0 spiro atoms. The van der Waals surface area contributed by atoms with Gasteiger partial charge in [0.2, 0.25) is 0 Å². The molecule has 0 aliphatic carbocycles. The quantitative estimate of drug-likeness (QED) is 0.0204. The lowest BCUT2D eigenvalue weighted by Crippen LogP contribution is -2.38. The largest absolute Gasteiger partial charge is 0.472 e. The summed E-state index contributed by atoms with van der Waals surface area (Å²) in [5.74, 6) is -0.626. The first-order valence-electron chi connectivity index (χ1n) is 32.0. The van der Waals surface area contributed by atoms with Crippen LogP contribution in [0.15, 0.2) is 63.3 Å². The minimum Gasteiger partial charge on any atom is -0.387 e. The lowest BCUT2D eigenvalue weighted by Gasteiger charge is -2.27. The van der Waals surface area contributed by atoms with Crippen LogP contribution in [0.25, 0.3) is 55.8 Å². The number of fused-ring (bicyclic) bond motifs is 5. The molecule has 0 radical (unpaired) electrons. The van der Waals surface area contributed by atoms with Gasteiger partial charge in [0, 0.05) is 0 Å². The Balaban J connectivity index is 0.665. The summed E-state index contributed by atoms with van der Waals surface area (Å²) in [6, 6.07) is 0. The number of phosphoric acid groups is 5. The molecule has 5 aliphatic rings. The SMILES string of the molecule is Nc1ncnc2c1ncn2[C@@H]1O[C@H](COP(=O)(O)O[C@H]2[C@@H](O)[C@H](n3cnc4c(N)ncnc43)O[C@@H]2COP(=O)(O)O[C@H]2[C@@H](O)[C@H](n3cnc4c(N)ncnc43)O[C@@H]2COP(=O)(O)O[C@H]2[C@@H](O)[C@H](n3cnc4c(N)ncnc43)O[C@@H]2COP(=O)(O)O[C@H]2[C@@H](O)[C@H](n3cnc4c(N)ncnc43)O[C@@H]2COP(=O)(O)O)[C@@H](O)[C@H]1O. The number of anilines is 5. The summed E-state index contributed by atoms with van der Waals surface area (Å²) in [6.07, 6.45) is -28.0. The van der Waals surface area contributed by atoms with Gasteiger partial charge in [-0.2, -0.15) is 0 Å². The predicted molar refractivity (Wildman–Crippen MR) is 355 cm³/mol. The van der Waals surface area contributed by atoms with Crippen LogP contribution in [-0.2, 0) is 87.2 Å². The van der Waals surface area contributed by atoms with Gasteiger partial charge in [-0.3, -0.25) is 63.5 Å². The van der Waals surface area contributed by atoms with Crippen LogP contribution >= 0.6 is 39.1 Å². The third-order valence-corrected chi connectivity index (χ3v) is 22.3. The van der Waals surface area contributed by atoms with Gasteiger partial charge < -0.3 is 112 Å². The molecule has 10 aromatic rings. The number of hydrogen-bond acceptors (Lipinski definition) is 45. The van der Waals surface area contributed by atoms with Gasteiger partial charge in [0.1, 0.15) is 151 Å². The summed E-state index contributed by atoms with van der Waals surface area (Å²) >= 11 is 0. The molecule has 5 aliphatic heterocycles. The van der Waals surface area contributed by atoms with Crippen LogP contribution in [0.3, 0.4) is 0 Å². The average Bonchev–Trinajstić information content (AvgIpc) is 1.60. The van der Waals surface area contributed by atoms with E-state index in [1.165, 1.54) is 10.9 Å². The number of imidazole rings is 5. The first kappa shape index (κ1) is 78.1. The van der Waals surface area contributed by atoms with Gasteiger partial charge >= 0.3 is 39.1 Å². The fraction of sp³-hybridized carbons (Fsp3) is 0.500. The number of phosphoric ester groups is 5. The summed E-state index contributed by atoms with van der Waals surface area (Å²) in [4.78, 5) is 126. The molecule has 56 nitrogen and oxygen atoms in total. The van der Waals surface area contributed by atoms with Gasteiger partial charge in [-0.05, 0) is 0 Å². The Morgan fingerprint density at radius 2 is 0.505 bits per heavy atom. The van der Waals surface area contributed by atoms with Crippen LogP contribution in [0.5, 0.6) is 0 Å². The van der Waals surface area contributed by atoms with Crippen LogP contribution in [0.1, 0.15) is 31.1 Å². The second kappa shape index (κ2) is 30.0. The maximum absolute atomic E-state index is 14.5. The number of rotatable bonds is 28. The van der Waals surface area contributed by atoms with Crippen LogP contribution < -0.4 is 28.7 Å². The molecule has 15 heterocycles. The number of hydrogen-bond donors (Lipinski definition) is 17. The Labute approximate surface area is 614 Å². The fourth-order valence-electron chi connectivity index (χ4n) is 12.8. The van der Waals surface area contributed by atoms with E-state index in [1.807, 2.05) is 0 Å². The van der Waals surface area contributed by atoms with Gasteiger partial charge in [-0.1, -0.05) is 0 Å². The van der Waals surface area contributed by atoms with E-state index in [0.717, 1.165) is 75.2 Å². The van der Waals surface area contributed by atoms with Crippen molar-refractivity contribution in [2.24, 2.45) is 0 Å². The van der Waals surface area contributed by atoms with Crippen molar-refractivity contribution in [3.63, 3.8) is 0 Å². The van der Waals surface area contributed by atoms with E-state index in [4.69, 9.17) is 88.5 Å². The Bertz CT molecular complexity index is 5400. The maximum atomic E-state index is 14.5. The molecule has 111 heavy (non-hydrogen) atoms. The number of aliphatic hydroxyl groups is 6. The van der Waals surface area contributed by atoms with Crippen LogP contribution in [0.4, 0.5) is 29.1 Å². The smallest absolute Gasteiger partial charge is 0.387 e. The second-order valence-electron chi connectivity index (χ2n) is 24.8. The van der Waals surface area contributed by atoms with E-state index >= 15 is 0 Å². The van der Waals surface area contributed by atoms with Crippen molar-refractivity contribution in [3.05, 3.63) is 63.3 Å². The molecule has 4 unspecified atom stereocenters. The Kier molecular flexibility index (Phi) is 21.1. The van der Waals surface area contributed by atoms with E-state index in [0.29, 0.717) is 0 Å². The minimum absolute atomic E-state index is 0.0102. The average molecular weight is 1660 g/mol. The molecule has 15 rings (SSSR count). The first-order valence-corrected chi connectivity index (χ1v) is 39.5. The number of ether oxygens (including phenoxy) is 5. The molecule has 0 saturated carbocycles. The summed E-state index contributed by atoms with van der Waals surface area (Å²) in [7, 11) is -28.3. The highest BCUT2D eigenvalue weighted by atomic mass is 31.2. The molecule has 598 valence electrons. The molecule has 61 heteroatoms. The molecule has 10 aromatic heterocycles. The van der Waals surface area contributed by atoms with Crippen molar-refractivity contribution >= 4 is 124 Å². The number of nitrogen functional groups attached to an aromatic ring is 5. The number of aliphatic hydroxyl groups excluding tert-OH is 6. The fourth-order valence-corrected chi connectivity index (χ4v) is 17.0. The summed E-state index contributed by atoms with van der Waals surface area (Å²) in [5.41, 5.74) is 29.6. The van der Waals surface area contributed by atoms with Crippen molar-refractivity contribution in [2.45, 2.75) is 123 Å². The Hall–Kier alpha value is -8.14. The summed E-state index contributed by atoms with van der Waals surface area (Å²) in [6.45, 7) is -5.95. The van der Waals surface area contributed by atoms with E-state index < -0.39 is 195 Å². The molecule has 0 aromatic carbocycles. The first-order chi connectivity index (χ1) is 52.6. The number of nitrogens with two attached hydrogens (primary N) is 5. The third-order valence-electron chi connectivity index (χ3n) is 17.9. The molecule has 22 N–H and O–H groups in total. The van der Waals surface area contributed by atoms with E-state index in [1.54, 1.807) is 0 Å². The van der Waals surface area contributed by atoms with Crippen LogP contribution in [0, 0.1) is 0 Å². The number of aromatic nitrogens is 20. The Morgan fingerprint density at radius 3 is 0.739 bits per heavy atom. The predicted octanol–water partition coefficient (Wildman–Crippen LogP) is -5.13. The Morgan fingerprint density at radius 1 is 0.297 bits per heavy atom. The normalized spacial score (nSPS) is 31.5. The van der Waals surface area contributed by atoms with Crippen LogP contribution in [0.2, 0.25) is 0 Å². The molecule has 5 saturated heterocycles. The van der Waals surface area contributed by atoms with Gasteiger partial charge in [0.05, 0.1) is 64.7 Å². The third kappa shape index (κ3) is 15.4. The zero-order valence-electron chi connectivity index (χ0n) is 55.5. The highest BCUT2D eigenvalue weighted by Gasteiger charge is 2.57. The maximum Gasteiger partial charge on any atom is 0.472 e. The zero-order chi connectivity index (χ0) is 78.7. The number of nitrogens with zero attached hydrogens (tertiary/aromatic N) is 20. The van der Waals surface area contributed by atoms with Crippen molar-refractivity contribution in [3.8, 4) is 0 Å². The van der Waals surface area contributed by atoms with Gasteiger partial charge in [-0.15, -0.1) is 0 Å². The molecule has 0 bridgehead atoms. The van der Waals surface area contributed by atoms with Gasteiger partial charge in [0.15, 0.2) is 88.5 Å². The van der Waals surface area contributed by atoms with Crippen molar-refractivity contribution in [1.29, 1.82) is 0 Å². The molecule has 5 fully saturated rings. The zero-order valence-corrected chi connectivity index (χ0v) is 60.0. The lowest BCUT2D eigenvalue weighted by molar-refractivity contribution is -0.0641. The lowest BCUT2D eigenvalue weighted by atomic mass is 10.1. The van der Waals surface area contributed by atoms with Gasteiger partial charge in [0.25, 0.3) is 0 Å². The van der Waals surface area contributed by atoms with Crippen molar-refractivity contribution in [2.75, 3.05) is 61.7 Å². The molecule has 24 atom stereocenters. The van der Waals surface area contributed by atoms with Crippen LogP contribution in [-0.4, -0.2) is 282 Å². The van der Waals surface area contributed by atoms with Gasteiger partial charge in [-0.25, -0.2) is 97.6 Å². The highest BCUT2D eigenvalue weighted by molar-refractivity contribution is 7.48. The van der Waals surface area contributed by atoms with Crippen molar-refractivity contribution in [1.82, 2.24) is 97.6 Å². The van der Waals surface area contributed by atoms with E-state index in [-0.39, 0.29) is 84.9 Å². The summed E-state index contributed by atoms with van der Waals surface area (Å²) in [5, 5.41) is 69.8. The van der Waals surface area contributed by atoms with E-state index in [2.05, 4.69) is 79.3 Å². The minimum atomic E-state index is -5.86. The summed E-state index contributed by atoms with van der Waals surface area (Å²) < 4.78 is 152.